The van der Waals surface area contributed by atoms with Crippen molar-refractivity contribution in [2.24, 2.45) is 11.7 Å². The van der Waals surface area contributed by atoms with Crippen LogP contribution in [0.15, 0.2) is 53.4 Å². The van der Waals surface area contributed by atoms with E-state index in [4.69, 9.17) is 26.8 Å². The Bertz CT molecular complexity index is 1320. The van der Waals surface area contributed by atoms with Crippen LogP contribution >= 0.6 is 11.6 Å². The van der Waals surface area contributed by atoms with Gasteiger partial charge in [-0.1, -0.05) is 30.9 Å². The van der Waals surface area contributed by atoms with Gasteiger partial charge in [-0.05, 0) is 99.4 Å². The fourth-order valence-corrected chi connectivity index (χ4v) is 9.13. The topological polar surface area (TPSA) is 102 Å². The molecule has 0 radical (unpaired) electrons. The third-order valence-electron chi connectivity index (χ3n) is 9.57. The Kier molecular flexibility index (Phi) is 9.01. The predicted octanol–water partition coefficient (Wildman–Crippen LogP) is 5.38. The van der Waals surface area contributed by atoms with Crippen LogP contribution in [-0.4, -0.2) is 67.0 Å². The molecule has 3 heterocycles. The monoisotopic (exact) mass is 615 g/mol. The third kappa shape index (κ3) is 6.44. The highest BCUT2D eigenvalue weighted by Crippen LogP contribution is 2.38. The molecule has 4 aliphatic rings. The van der Waals surface area contributed by atoms with Crippen LogP contribution in [0, 0.1) is 5.92 Å². The molecule has 3 saturated heterocycles. The van der Waals surface area contributed by atoms with Gasteiger partial charge in [0.05, 0.1) is 11.5 Å². The van der Waals surface area contributed by atoms with E-state index >= 15 is 0 Å². The highest BCUT2D eigenvalue weighted by atomic mass is 35.5. The van der Waals surface area contributed by atoms with Gasteiger partial charge >= 0.3 is 0 Å². The number of nitrogens with two attached hydrogens (primary N) is 1. The maximum Gasteiger partial charge on any atom is 0.243 e. The molecule has 4 fully saturated rings. The molecule has 1 aliphatic carbocycles. The van der Waals surface area contributed by atoms with Gasteiger partial charge < -0.3 is 20.1 Å². The molecule has 10 heteroatoms. The third-order valence-corrected chi connectivity index (χ3v) is 11.7. The molecule has 2 aromatic carbocycles. The number of halogens is 1. The van der Waals surface area contributed by atoms with Crippen molar-refractivity contribution in [3.63, 3.8) is 0 Å². The standard InChI is InChI=1S/C32H42ClN3O5S/c33-23-6-10-28(11-7-23)41-29-16-17-35(31(20-29)32(37)36-25-8-9-26(36)19-24(34)18-25)42(38,39)30-14-12-27(13-15-30)40-21-22-4-2-1-3-5-22/h6-7,10-15,22,24-26,29,31H,1-5,8-9,16-21,34H2/t24?,25?,26?,29-,31-/m1/s1. The Balaban J connectivity index is 1.21. The molecule has 0 spiro atoms. The molecular formula is C32H42ClN3O5S. The van der Waals surface area contributed by atoms with Crippen LogP contribution in [0.2, 0.25) is 5.02 Å². The largest absolute Gasteiger partial charge is 0.493 e. The molecule has 2 unspecified atom stereocenters. The minimum absolute atomic E-state index is 0.0639. The number of ether oxygens (including phenoxy) is 2. The van der Waals surface area contributed by atoms with E-state index in [1.165, 1.54) is 36.4 Å². The van der Waals surface area contributed by atoms with Gasteiger partial charge in [0.25, 0.3) is 0 Å². The summed E-state index contributed by atoms with van der Waals surface area (Å²) < 4.78 is 41.8. The maximum absolute atomic E-state index is 14.2. The van der Waals surface area contributed by atoms with E-state index < -0.39 is 16.1 Å². The van der Waals surface area contributed by atoms with Crippen LogP contribution in [0.4, 0.5) is 0 Å². The van der Waals surface area contributed by atoms with Crippen LogP contribution in [0.3, 0.4) is 0 Å². The second-order valence-corrected chi connectivity index (χ2v) is 14.8. The van der Waals surface area contributed by atoms with Gasteiger partial charge in [-0.25, -0.2) is 8.42 Å². The Morgan fingerprint density at radius 3 is 2.17 bits per heavy atom. The van der Waals surface area contributed by atoms with E-state index in [0.717, 1.165) is 25.7 Å². The molecule has 228 valence electrons. The van der Waals surface area contributed by atoms with E-state index in [9.17, 15) is 13.2 Å². The Morgan fingerprint density at radius 1 is 0.857 bits per heavy atom. The van der Waals surface area contributed by atoms with Gasteiger partial charge in [0.15, 0.2) is 0 Å². The van der Waals surface area contributed by atoms with E-state index in [2.05, 4.69) is 0 Å². The number of nitrogens with zero attached hydrogens (tertiary/aromatic N) is 2. The van der Waals surface area contributed by atoms with Gasteiger partial charge in [0.1, 0.15) is 23.6 Å². The molecule has 42 heavy (non-hydrogen) atoms. The van der Waals surface area contributed by atoms with Gasteiger partial charge in [-0.3, -0.25) is 4.79 Å². The zero-order valence-electron chi connectivity index (χ0n) is 24.1. The number of amides is 1. The van der Waals surface area contributed by atoms with Crippen LogP contribution in [0.1, 0.15) is 70.6 Å². The second kappa shape index (κ2) is 12.7. The fourth-order valence-electron chi connectivity index (χ4n) is 7.40. The molecule has 1 saturated carbocycles. The molecule has 0 aromatic heterocycles. The predicted molar refractivity (Wildman–Crippen MR) is 162 cm³/mol. The van der Waals surface area contributed by atoms with Gasteiger partial charge in [-0.2, -0.15) is 4.31 Å². The van der Waals surface area contributed by atoms with Crippen molar-refractivity contribution in [1.29, 1.82) is 0 Å². The minimum atomic E-state index is -3.94. The first kappa shape index (κ1) is 29.7. The first-order valence-electron chi connectivity index (χ1n) is 15.5. The van der Waals surface area contributed by atoms with Crippen molar-refractivity contribution < 1.29 is 22.7 Å². The summed E-state index contributed by atoms with van der Waals surface area (Å²) in [5.41, 5.74) is 6.28. The van der Waals surface area contributed by atoms with Crippen LogP contribution in [0.5, 0.6) is 11.5 Å². The summed E-state index contributed by atoms with van der Waals surface area (Å²) in [6.45, 7) is 0.852. The summed E-state index contributed by atoms with van der Waals surface area (Å²) in [6.07, 6.45) is 9.97. The number of hydrogen-bond donors (Lipinski definition) is 1. The summed E-state index contributed by atoms with van der Waals surface area (Å²) >= 11 is 6.04. The van der Waals surface area contributed by atoms with Crippen molar-refractivity contribution >= 4 is 27.5 Å². The average Bonchev–Trinajstić information content (AvgIpc) is 3.27. The Morgan fingerprint density at radius 2 is 1.50 bits per heavy atom. The molecule has 3 aliphatic heterocycles. The number of benzene rings is 2. The number of sulfonamides is 1. The molecule has 8 nitrogen and oxygen atoms in total. The lowest BCUT2D eigenvalue weighted by Crippen LogP contribution is -2.60. The quantitative estimate of drug-likeness (QED) is 0.428. The van der Waals surface area contributed by atoms with Crippen LogP contribution in [-0.2, 0) is 14.8 Å². The van der Waals surface area contributed by atoms with Crippen molar-refractivity contribution in [1.82, 2.24) is 9.21 Å². The molecule has 1 amide bonds. The Labute approximate surface area is 254 Å². The number of piperidine rings is 2. The van der Waals surface area contributed by atoms with Gasteiger partial charge in [-0.15, -0.1) is 0 Å². The van der Waals surface area contributed by atoms with Crippen molar-refractivity contribution in [3.8, 4) is 11.5 Å². The van der Waals surface area contributed by atoms with Gasteiger partial charge in [0, 0.05) is 36.1 Å². The fraction of sp³-hybridized carbons (Fsp3) is 0.594. The number of hydrogen-bond acceptors (Lipinski definition) is 6. The first-order chi connectivity index (χ1) is 20.3. The van der Waals surface area contributed by atoms with Gasteiger partial charge in [0.2, 0.25) is 15.9 Å². The summed E-state index contributed by atoms with van der Waals surface area (Å²) in [5.74, 6) is 1.75. The maximum atomic E-state index is 14.2. The molecule has 2 bridgehead atoms. The van der Waals surface area contributed by atoms with Crippen molar-refractivity contribution in [2.75, 3.05) is 13.2 Å². The van der Waals surface area contributed by atoms with E-state index in [0.29, 0.717) is 35.5 Å². The van der Waals surface area contributed by atoms with Crippen LogP contribution in [0.25, 0.3) is 0 Å². The lowest BCUT2D eigenvalue weighted by atomic mass is 9.90. The van der Waals surface area contributed by atoms with Crippen molar-refractivity contribution in [2.45, 2.75) is 106 Å². The van der Waals surface area contributed by atoms with E-state index in [1.54, 1.807) is 48.5 Å². The SMILES string of the molecule is NC1CC2CCC(C1)N2C(=O)[C@H]1C[C@H](Oc2ccc(Cl)cc2)CCN1S(=O)(=O)c1ccc(OCC2CCCCC2)cc1. The second-order valence-electron chi connectivity index (χ2n) is 12.5. The zero-order chi connectivity index (χ0) is 29.3. The first-order valence-corrected chi connectivity index (χ1v) is 17.3. The molecular weight excluding hydrogens is 574 g/mol. The highest BCUT2D eigenvalue weighted by molar-refractivity contribution is 7.89. The summed E-state index contributed by atoms with van der Waals surface area (Å²) in [5, 5.41) is 0.612. The zero-order valence-corrected chi connectivity index (χ0v) is 25.6. The molecule has 6 rings (SSSR count). The lowest BCUT2D eigenvalue weighted by molar-refractivity contribution is -0.142. The molecule has 2 N–H and O–H groups in total. The summed E-state index contributed by atoms with van der Waals surface area (Å²) in [4.78, 5) is 16.3. The van der Waals surface area contributed by atoms with E-state index in [1.807, 2.05) is 4.90 Å². The number of fused-ring (bicyclic) bond motifs is 2. The summed E-state index contributed by atoms with van der Waals surface area (Å²) in [7, 11) is -3.94. The van der Waals surface area contributed by atoms with Crippen molar-refractivity contribution in [3.05, 3.63) is 53.6 Å². The smallest absolute Gasteiger partial charge is 0.243 e. The highest BCUT2D eigenvalue weighted by Gasteiger charge is 2.49. The summed E-state index contributed by atoms with van der Waals surface area (Å²) in [6, 6.07) is 13.1. The lowest BCUT2D eigenvalue weighted by Gasteiger charge is -2.44. The number of carbonyl (C=O) groups excluding carboxylic acids is 1. The van der Waals surface area contributed by atoms with E-state index in [-0.39, 0.29) is 48.0 Å². The molecule has 4 atom stereocenters. The average molecular weight is 616 g/mol. The molecule has 2 aromatic rings. The number of rotatable bonds is 8. The Hall–Kier alpha value is -2.33. The van der Waals surface area contributed by atoms with Crippen LogP contribution < -0.4 is 15.2 Å². The normalized spacial score (nSPS) is 28.9. The number of carbonyl (C=O) groups is 1. The minimum Gasteiger partial charge on any atom is -0.493 e.